The normalized spacial score (nSPS) is 19.4. The van der Waals surface area contributed by atoms with E-state index in [0.29, 0.717) is 94.8 Å². The summed E-state index contributed by atoms with van der Waals surface area (Å²) in [6.07, 6.45) is 3.06. The molecule has 3 aliphatic heterocycles. The number of benzene rings is 4. The number of anilines is 2. The molecule has 2 aromatic heterocycles. The molecule has 1 amide bonds. The smallest absolute Gasteiger partial charge is 0.220 e. The summed E-state index contributed by atoms with van der Waals surface area (Å²) in [6.45, 7) is 4.08. The van der Waals surface area contributed by atoms with Crippen molar-refractivity contribution in [2.75, 3.05) is 49.2 Å². The van der Waals surface area contributed by atoms with Crippen molar-refractivity contribution in [3.63, 3.8) is 0 Å². The number of hydrogen-bond donors (Lipinski definition) is 4. The van der Waals surface area contributed by atoms with Crippen LogP contribution in [0.1, 0.15) is 25.7 Å². The minimum Gasteiger partial charge on any atom is -0.507 e. The van der Waals surface area contributed by atoms with E-state index in [2.05, 4.69) is 30.1 Å². The molecule has 1 unspecified atom stereocenters. The number of hydrogen-bond acceptors (Lipinski definition) is 11. The molecule has 288 valence electrons. The average molecular weight is 761 g/mol. The highest BCUT2D eigenvalue weighted by molar-refractivity contribution is 5.93. The molecule has 3 saturated heterocycles. The standard InChI is InChI=1S/C24H25FN4O3.C18H17FN4O/c25-16-5-6-20-19(12-16)24(28-23(27-20)18-3-1-2-4-21(18)30)29-9-7-17(13-29)26-22(31)11-15-8-10-32-14-15;19-11-5-6-15-14(9-11)18(23-8-7-12(20)10-23)22-17(21-15)13-3-1-2-4-16(13)24/h1-6,12,15,17,30H,7-11,13-14H2,(H,26,31);1-6,9,12,24H,7-8,10,20H2/t15?,17-;12-/m11/s1. The van der Waals surface area contributed by atoms with Gasteiger partial charge in [-0.05, 0) is 85.8 Å². The molecule has 3 atom stereocenters. The summed E-state index contributed by atoms with van der Waals surface area (Å²) < 4.78 is 33.1. The molecule has 0 bridgehead atoms. The minimum absolute atomic E-state index is 0.00280. The molecule has 12 nitrogen and oxygen atoms in total. The molecule has 0 spiro atoms. The Hall–Kier alpha value is -5.99. The number of ether oxygens (including phenoxy) is 1. The lowest BCUT2D eigenvalue weighted by Crippen LogP contribution is -2.38. The second-order valence-corrected chi connectivity index (χ2v) is 14.5. The van der Waals surface area contributed by atoms with Crippen LogP contribution in [0.3, 0.4) is 0 Å². The van der Waals surface area contributed by atoms with Crippen molar-refractivity contribution in [2.45, 2.75) is 37.8 Å². The third-order valence-electron chi connectivity index (χ3n) is 10.4. The zero-order valence-electron chi connectivity index (χ0n) is 30.6. The van der Waals surface area contributed by atoms with Gasteiger partial charge in [0.05, 0.1) is 22.2 Å². The summed E-state index contributed by atoms with van der Waals surface area (Å²) in [5, 5.41) is 24.8. The predicted octanol–water partition coefficient (Wildman–Crippen LogP) is 5.94. The van der Waals surface area contributed by atoms with Crippen LogP contribution in [0, 0.1) is 17.6 Å². The summed E-state index contributed by atoms with van der Waals surface area (Å²) in [5.41, 5.74) is 8.32. The number of carbonyl (C=O) groups excluding carboxylic acids is 1. The second kappa shape index (κ2) is 16.0. The van der Waals surface area contributed by atoms with Gasteiger partial charge in [0.25, 0.3) is 0 Å². The fraction of sp³-hybridized carbons (Fsp3) is 0.310. The summed E-state index contributed by atoms with van der Waals surface area (Å²) in [6, 6.07) is 22.8. The Morgan fingerprint density at radius 3 is 1.82 bits per heavy atom. The molecule has 56 heavy (non-hydrogen) atoms. The number of aromatic nitrogens is 4. The van der Waals surface area contributed by atoms with Gasteiger partial charge in [-0.1, -0.05) is 24.3 Å². The Labute approximate surface area is 322 Å². The van der Waals surface area contributed by atoms with E-state index in [9.17, 15) is 23.8 Å². The van der Waals surface area contributed by atoms with Crippen molar-refractivity contribution in [1.82, 2.24) is 25.3 Å². The number of amides is 1. The Bertz CT molecular complexity index is 2390. The van der Waals surface area contributed by atoms with Gasteiger partial charge in [-0.15, -0.1) is 0 Å². The number of phenols is 2. The second-order valence-electron chi connectivity index (χ2n) is 14.5. The average Bonchev–Trinajstić information content (AvgIpc) is 3.98. The van der Waals surface area contributed by atoms with Crippen LogP contribution in [0.5, 0.6) is 11.5 Å². The molecule has 14 heteroatoms. The summed E-state index contributed by atoms with van der Waals surface area (Å²) in [4.78, 5) is 34.9. The zero-order chi connectivity index (χ0) is 38.8. The lowest BCUT2D eigenvalue weighted by molar-refractivity contribution is -0.122. The number of nitrogens with zero attached hydrogens (tertiary/aromatic N) is 6. The van der Waals surface area contributed by atoms with Crippen LogP contribution in [0.4, 0.5) is 20.4 Å². The first-order chi connectivity index (χ1) is 27.2. The van der Waals surface area contributed by atoms with Gasteiger partial charge >= 0.3 is 0 Å². The van der Waals surface area contributed by atoms with Gasteiger partial charge in [0.15, 0.2) is 11.6 Å². The van der Waals surface area contributed by atoms with Gasteiger partial charge in [0.2, 0.25) is 5.91 Å². The van der Waals surface area contributed by atoms with Crippen LogP contribution in [-0.2, 0) is 9.53 Å². The van der Waals surface area contributed by atoms with Crippen LogP contribution < -0.4 is 20.9 Å². The molecule has 5 N–H and O–H groups in total. The highest BCUT2D eigenvalue weighted by atomic mass is 19.1. The fourth-order valence-corrected chi connectivity index (χ4v) is 7.56. The van der Waals surface area contributed by atoms with Crippen molar-refractivity contribution in [3.8, 4) is 34.3 Å². The van der Waals surface area contributed by atoms with Crippen molar-refractivity contribution in [1.29, 1.82) is 0 Å². The summed E-state index contributed by atoms with van der Waals surface area (Å²) in [5.74, 6) is 1.91. The van der Waals surface area contributed by atoms with Crippen molar-refractivity contribution >= 4 is 39.3 Å². The van der Waals surface area contributed by atoms with Crippen LogP contribution in [0.2, 0.25) is 0 Å². The number of nitrogens with two attached hydrogens (primary N) is 1. The number of fused-ring (bicyclic) bond motifs is 2. The molecule has 3 fully saturated rings. The van der Waals surface area contributed by atoms with E-state index in [4.69, 9.17) is 15.5 Å². The monoisotopic (exact) mass is 760 g/mol. The van der Waals surface area contributed by atoms with Crippen molar-refractivity contribution in [3.05, 3.63) is 96.6 Å². The first-order valence-electron chi connectivity index (χ1n) is 18.8. The van der Waals surface area contributed by atoms with E-state index < -0.39 is 0 Å². The fourth-order valence-electron chi connectivity index (χ4n) is 7.56. The molecule has 3 aliphatic rings. The van der Waals surface area contributed by atoms with E-state index in [1.54, 1.807) is 48.5 Å². The van der Waals surface area contributed by atoms with Crippen LogP contribution in [0.15, 0.2) is 84.9 Å². The number of halogens is 2. The van der Waals surface area contributed by atoms with E-state index in [-0.39, 0.29) is 41.1 Å². The molecule has 9 rings (SSSR count). The lowest BCUT2D eigenvalue weighted by Gasteiger charge is -2.21. The molecular weight excluding hydrogens is 719 g/mol. The molecular formula is C42H42F2N8O4. The molecule has 0 aliphatic carbocycles. The predicted molar refractivity (Wildman–Crippen MR) is 210 cm³/mol. The number of para-hydroxylation sites is 2. The number of rotatable bonds is 7. The third-order valence-corrected chi connectivity index (χ3v) is 10.4. The van der Waals surface area contributed by atoms with Gasteiger partial charge in [-0.2, -0.15) is 0 Å². The number of carbonyl (C=O) groups is 1. The van der Waals surface area contributed by atoms with E-state index in [1.165, 1.54) is 24.3 Å². The van der Waals surface area contributed by atoms with Crippen molar-refractivity contribution in [2.24, 2.45) is 11.7 Å². The third kappa shape index (κ3) is 8.02. The minimum atomic E-state index is -0.361. The Kier molecular flexibility index (Phi) is 10.6. The van der Waals surface area contributed by atoms with Crippen LogP contribution >= 0.6 is 0 Å². The highest BCUT2D eigenvalue weighted by Gasteiger charge is 2.29. The number of aromatic hydroxyl groups is 2. The summed E-state index contributed by atoms with van der Waals surface area (Å²) >= 11 is 0. The van der Waals surface area contributed by atoms with Crippen molar-refractivity contribution < 1.29 is 28.5 Å². The quantitative estimate of drug-likeness (QED) is 0.152. The molecule has 6 aromatic rings. The molecule has 0 saturated carbocycles. The molecule has 5 heterocycles. The highest BCUT2D eigenvalue weighted by Crippen LogP contribution is 2.35. The van der Waals surface area contributed by atoms with Gasteiger partial charge in [0.1, 0.15) is 34.8 Å². The van der Waals surface area contributed by atoms with Gasteiger partial charge in [-0.3, -0.25) is 4.79 Å². The maximum atomic E-state index is 14.1. The summed E-state index contributed by atoms with van der Waals surface area (Å²) in [7, 11) is 0. The number of nitrogens with one attached hydrogen (secondary N) is 1. The number of phenolic OH excluding ortho intramolecular Hbond substituents is 2. The molecule has 4 aromatic carbocycles. The Morgan fingerprint density at radius 2 is 1.30 bits per heavy atom. The van der Waals surface area contributed by atoms with Crippen LogP contribution in [0.25, 0.3) is 44.6 Å². The van der Waals surface area contributed by atoms with E-state index >= 15 is 0 Å². The maximum absolute atomic E-state index is 14.1. The SMILES string of the molecule is N[C@@H]1CCN(c2nc(-c3ccccc3O)nc3ccc(F)cc23)C1.O=C(CC1CCOC1)N[C@@H]1CCN(c2nc(-c3ccccc3O)nc3ccc(F)cc23)C1. The largest absolute Gasteiger partial charge is 0.507 e. The topological polar surface area (TPSA) is 163 Å². The lowest BCUT2D eigenvalue weighted by atomic mass is 10.0. The van der Waals surface area contributed by atoms with Crippen LogP contribution in [-0.4, -0.2) is 87.5 Å². The first-order valence-corrected chi connectivity index (χ1v) is 18.8. The molecule has 0 radical (unpaired) electrons. The van der Waals surface area contributed by atoms with Gasteiger partial charge in [0, 0.05) is 68.7 Å². The maximum Gasteiger partial charge on any atom is 0.220 e. The van der Waals surface area contributed by atoms with E-state index in [1.807, 2.05) is 12.1 Å². The Balaban J connectivity index is 0.000000164. The zero-order valence-corrected chi connectivity index (χ0v) is 30.6. The Morgan fingerprint density at radius 1 is 0.750 bits per heavy atom. The van der Waals surface area contributed by atoms with Gasteiger partial charge < -0.3 is 35.8 Å². The first kappa shape index (κ1) is 37.0. The van der Waals surface area contributed by atoms with E-state index in [0.717, 1.165) is 32.4 Å². The van der Waals surface area contributed by atoms with Gasteiger partial charge in [-0.25, -0.2) is 28.7 Å².